The Morgan fingerprint density at radius 2 is 1.88 bits per heavy atom. The molecular weight excluding hydrogens is 198 g/mol. The van der Waals surface area contributed by atoms with Crippen LogP contribution in [0.3, 0.4) is 0 Å². The third-order valence-electron chi connectivity index (χ3n) is 4.09. The summed E-state index contributed by atoms with van der Waals surface area (Å²) >= 11 is 0. The van der Waals surface area contributed by atoms with Crippen LogP contribution in [0.1, 0.15) is 61.9 Å². The van der Waals surface area contributed by atoms with Crippen molar-refractivity contribution in [2.45, 2.75) is 50.4 Å². The van der Waals surface area contributed by atoms with Gasteiger partial charge in [0.05, 0.1) is 0 Å². The van der Waals surface area contributed by atoms with Crippen LogP contribution in [-0.4, -0.2) is 23.1 Å². The van der Waals surface area contributed by atoms with E-state index in [0.717, 1.165) is 12.5 Å². The number of aromatic nitrogens is 2. The molecule has 1 saturated carbocycles. The molecule has 2 N–H and O–H groups in total. The number of rotatable bonds is 2. The van der Waals surface area contributed by atoms with E-state index in [9.17, 15) is 0 Å². The normalized spacial score (nSPS) is 27.4. The van der Waals surface area contributed by atoms with Gasteiger partial charge >= 0.3 is 0 Å². The molecule has 3 nitrogen and oxygen atoms in total. The largest absolute Gasteiger partial charge is 0.345 e. The van der Waals surface area contributed by atoms with Crippen LogP contribution in [0.4, 0.5) is 0 Å². The van der Waals surface area contributed by atoms with Gasteiger partial charge in [-0.05, 0) is 32.2 Å². The molecule has 3 heteroatoms. The number of nitrogens with zero attached hydrogens (tertiary/aromatic N) is 1. The van der Waals surface area contributed by atoms with Gasteiger partial charge in [0.15, 0.2) is 0 Å². The maximum atomic E-state index is 4.59. The van der Waals surface area contributed by atoms with Crippen molar-refractivity contribution in [3.05, 3.63) is 17.7 Å². The number of piperidine rings is 1. The standard InChI is InChI=1S/C13H21N3/c1-2-5-10(4-1)12-9-15-13(16-12)11-6-3-7-14-8-11/h9-11,14H,1-8H2,(H,15,16). The molecule has 1 aliphatic heterocycles. The maximum Gasteiger partial charge on any atom is 0.110 e. The third-order valence-corrected chi connectivity index (χ3v) is 4.09. The molecule has 1 aromatic heterocycles. The zero-order valence-corrected chi connectivity index (χ0v) is 9.84. The average molecular weight is 219 g/mol. The van der Waals surface area contributed by atoms with Crippen LogP contribution < -0.4 is 5.32 Å². The number of imidazole rings is 1. The molecule has 2 aliphatic rings. The Morgan fingerprint density at radius 3 is 2.62 bits per heavy atom. The Balaban J connectivity index is 1.71. The average Bonchev–Trinajstić information content (AvgIpc) is 3.01. The zero-order valence-electron chi connectivity index (χ0n) is 9.84. The molecule has 2 fully saturated rings. The van der Waals surface area contributed by atoms with Crippen molar-refractivity contribution in [1.82, 2.24) is 15.3 Å². The van der Waals surface area contributed by atoms with E-state index in [1.165, 1.54) is 56.6 Å². The number of aromatic amines is 1. The summed E-state index contributed by atoms with van der Waals surface area (Å²) in [5.41, 5.74) is 1.39. The van der Waals surface area contributed by atoms with Gasteiger partial charge in [-0.15, -0.1) is 0 Å². The first-order valence-electron chi connectivity index (χ1n) is 6.69. The molecule has 2 heterocycles. The highest BCUT2D eigenvalue weighted by Crippen LogP contribution is 2.33. The summed E-state index contributed by atoms with van der Waals surface area (Å²) in [5, 5.41) is 3.45. The fraction of sp³-hybridized carbons (Fsp3) is 0.769. The monoisotopic (exact) mass is 219 g/mol. The summed E-state index contributed by atoms with van der Waals surface area (Å²) < 4.78 is 0. The predicted molar refractivity (Wildman–Crippen MR) is 64.6 cm³/mol. The highest BCUT2D eigenvalue weighted by atomic mass is 15.0. The van der Waals surface area contributed by atoms with Crippen molar-refractivity contribution in [2.24, 2.45) is 0 Å². The first kappa shape index (κ1) is 10.3. The van der Waals surface area contributed by atoms with Gasteiger partial charge in [0.25, 0.3) is 0 Å². The van der Waals surface area contributed by atoms with Gasteiger partial charge in [-0.2, -0.15) is 0 Å². The van der Waals surface area contributed by atoms with Crippen molar-refractivity contribution < 1.29 is 0 Å². The summed E-state index contributed by atoms with van der Waals surface area (Å²) in [7, 11) is 0. The molecule has 0 aromatic carbocycles. The van der Waals surface area contributed by atoms with Crippen LogP contribution in [0, 0.1) is 0 Å². The van der Waals surface area contributed by atoms with Crippen molar-refractivity contribution in [3.63, 3.8) is 0 Å². The third kappa shape index (κ3) is 2.01. The molecule has 3 rings (SSSR count). The Hall–Kier alpha value is -0.830. The Labute approximate surface area is 97.0 Å². The smallest absolute Gasteiger partial charge is 0.110 e. The van der Waals surface area contributed by atoms with Crippen LogP contribution in [-0.2, 0) is 0 Å². The first-order valence-corrected chi connectivity index (χ1v) is 6.69. The summed E-state index contributed by atoms with van der Waals surface area (Å²) in [6, 6.07) is 0. The van der Waals surface area contributed by atoms with Gasteiger partial charge in [-0.1, -0.05) is 12.8 Å². The second kappa shape index (κ2) is 4.58. The van der Waals surface area contributed by atoms with E-state index in [2.05, 4.69) is 21.5 Å². The van der Waals surface area contributed by atoms with Crippen LogP contribution >= 0.6 is 0 Å². The molecule has 1 aromatic rings. The van der Waals surface area contributed by atoms with Crippen molar-refractivity contribution in [2.75, 3.05) is 13.1 Å². The van der Waals surface area contributed by atoms with Crippen molar-refractivity contribution in [1.29, 1.82) is 0 Å². The Morgan fingerprint density at radius 1 is 1.06 bits per heavy atom. The maximum absolute atomic E-state index is 4.59. The van der Waals surface area contributed by atoms with Gasteiger partial charge in [-0.25, -0.2) is 4.98 Å². The molecule has 1 saturated heterocycles. The van der Waals surface area contributed by atoms with Crippen molar-refractivity contribution in [3.8, 4) is 0 Å². The number of H-pyrrole nitrogens is 1. The topological polar surface area (TPSA) is 40.7 Å². The molecule has 0 radical (unpaired) electrons. The van der Waals surface area contributed by atoms with E-state index in [-0.39, 0.29) is 0 Å². The number of nitrogens with one attached hydrogen (secondary N) is 2. The van der Waals surface area contributed by atoms with E-state index in [1.54, 1.807) is 0 Å². The van der Waals surface area contributed by atoms with Gasteiger partial charge < -0.3 is 10.3 Å². The van der Waals surface area contributed by atoms with Crippen LogP contribution in [0.5, 0.6) is 0 Å². The first-order chi connectivity index (χ1) is 7.93. The molecular formula is C13H21N3. The molecule has 1 atom stereocenters. The zero-order chi connectivity index (χ0) is 10.8. The number of hydrogen-bond acceptors (Lipinski definition) is 2. The lowest BCUT2D eigenvalue weighted by atomic mass is 9.99. The number of hydrogen-bond donors (Lipinski definition) is 2. The molecule has 0 spiro atoms. The molecule has 0 bridgehead atoms. The van der Waals surface area contributed by atoms with Gasteiger partial charge in [0, 0.05) is 30.3 Å². The fourth-order valence-corrected chi connectivity index (χ4v) is 3.09. The van der Waals surface area contributed by atoms with E-state index in [4.69, 9.17) is 0 Å². The van der Waals surface area contributed by atoms with Gasteiger partial charge in [0.2, 0.25) is 0 Å². The minimum absolute atomic E-state index is 0.615. The molecule has 88 valence electrons. The van der Waals surface area contributed by atoms with E-state index >= 15 is 0 Å². The van der Waals surface area contributed by atoms with E-state index < -0.39 is 0 Å². The minimum Gasteiger partial charge on any atom is -0.345 e. The quantitative estimate of drug-likeness (QED) is 0.802. The van der Waals surface area contributed by atoms with Crippen molar-refractivity contribution >= 4 is 0 Å². The van der Waals surface area contributed by atoms with Crippen LogP contribution in [0.15, 0.2) is 6.20 Å². The lowest BCUT2D eigenvalue weighted by Crippen LogP contribution is -2.28. The summed E-state index contributed by atoms with van der Waals surface area (Å²) in [6.45, 7) is 2.27. The second-order valence-corrected chi connectivity index (χ2v) is 5.25. The Bertz CT molecular complexity index is 333. The summed E-state index contributed by atoms with van der Waals surface area (Å²) in [4.78, 5) is 8.16. The lowest BCUT2D eigenvalue weighted by Gasteiger charge is -2.20. The lowest BCUT2D eigenvalue weighted by molar-refractivity contribution is 0.448. The van der Waals surface area contributed by atoms with Crippen LogP contribution in [0.2, 0.25) is 0 Å². The Kier molecular flexibility index (Phi) is 2.96. The molecule has 16 heavy (non-hydrogen) atoms. The molecule has 1 aliphatic carbocycles. The molecule has 1 unspecified atom stereocenters. The fourth-order valence-electron chi connectivity index (χ4n) is 3.09. The van der Waals surface area contributed by atoms with E-state index in [0.29, 0.717) is 5.92 Å². The minimum atomic E-state index is 0.615. The second-order valence-electron chi connectivity index (χ2n) is 5.25. The van der Waals surface area contributed by atoms with Gasteiger partial charge in [-0.3, -0.25) is 0 Å². The van der Waals surface area contributed by atoms with Crippen LogP contribution in [0.25, 0.3) is 0 Å². The van der Waals surface area contributed by atoms with E-state index in [1.807, 2.05) is 0 Å². The summed E-state index contributed by atoms with van der Waals surface area (Å²) in [6.07, 6.45) is 10.1. The van der Waals surface area contributed by atoms with Gasteiger partial charge in [0.1, 0.15) is 5.82 Å². The molecule has 0 amide bonds. The SMILES string of the molecule is c1nc(C2CCCNC2)[nH]c1C1CCCC1. The highest BCUT2D eigenvalue weighted by Gasteiger charge is 2.22. The summed E-state index contributed by atoms with van der Waals surface area (Å²) in [5.74, 6) is 2.59. The predicted octanol–water partition coefficient (Wildman–Crippen LogP) is 2.53. The highest BCUT2D eigenvalue weighted by molar-refractivity contribution is 5.12.